The third-order valence-electron chi connectivity index (χ3n) is 7.14. The quantitative estimate of drug-likeness (QED) is 0.562. The minimum Gasteiger partial charge on any atom is -0.481 e. The van der Waals surface area contributed by atoms with E-state index in [4.69, 9.17) is 0 Å². The summed E-state index contributed by atoms with van der Waals surface area (Å²) in [6.45, 7) is 3.71. The molecule has 30 heavy (non-hydrogen) atoms. The molecule has 3 amide bonds. The van der Waals surface area contributed by atoms with E-state index in [9.17, 15) is 24.3 Å². The van der Waals surface area contributed by atoms with Gasteiger partial charge < -0.3 is 25.5 Å². The maximum atomic E-state index is 13.7. The van der Waals surface area contributed by atoms with Crippen molar-refractivity contribution in [2.24, 2.45) is 11.8 Å². The summed E-state index contributed by atoms with van der Waals surface area (Å²) in [5.74, 6) is -2.35. The number of hydrogen-bond donors (Lipinski definition) is 3. The Hall–Kier alpha value is -2.16. The van der Waals surface area contributed by atoms with Crippen molar-refractivity contribution in [3.63, 3.8) is 0 Å². The molecule has 1 saturated carbocycles. The molecule has 0 aromatic heterocycles. The molecular formula is C21H34N4O5. The molecule has 0 spiro atoms. The second kappa shape index (κ2) is 9.32. The van der Waals surface area contributed by atoms with E-state index in [0.717, 1.165) is 32.1 Å². The van der Waals surface area contributed by atoms with Crippen LogP contribution in [0.5, 0.6) is 0 Å². The summed E-state index contributed by atoms with van der Waals surface area (Å²) in [5, 5.41) is 15.6. The van der Waals surface area contributed by atoms with Gasteiger partial charge in [-0.1, -0.05) is 19.3 Å². The van der Waals surface area contributed by atoms with E-state index >= 15 is 0 Å². The molecule has 3 fully saturated rings. The van der Waals surface area contributed by atoms with Crippen LogP contribution in [0.2, 0.25) is 0 Å². The number of rotatable bonds is 6. The van der Waals surface area contributed by atoms with Gasteiger partial charge in [0.15, 0.2) is 0 Å². The van der Waals surface area contributed by atoms with Crippen LogP contribution in [0.25, 0.3) is 0 Å². The number of hydrogen-bond acceptors (Lipinski definition) is 5. The standard InChI is InChI=1S/C21H34N4O5/c1-12(22-3)19(27)23-17(14-7-5-4-6-8-14)20(28)24-10-9-16-18(24)15(21(29)30)11-25(16)13(2)26/h12,14-18,22H,4-11H2,1-3H3,(H,23,27)(H,29,30). The van der Waals surface area contributed by atoms with Crippen molar-refractivity contribution in [2.75, 3.05) is 20.1 Å². The predicted octanol–water partition coefficient (Wildman–Crippen LogP) is 0.192. The average Bonchev–Trinajstić information content (AvgIpc) is 3.31. The van der Waals surface area contributed by atoms with E-state index in [-0.39, 0.29) is 36.2 Å². The predicted molar refractivity (Wildman–Crippen MR) is 109 cm³/mol. The van der Waals surface area contributed by atoms with Gasteiger partial charge in [-0.3, -0.25) is 19.2 Å². The molecule has 2 heterocycles. The van der Waals surface area contributed by atoms with Gasteiger partial charge in [0.2, 0.25) is 17.7 Å². The van der Waals surface area contributed by atoms with Crippen molar-refractivity contribution < 1.29 is 24.3 Å². The zero-order valence-corrected chi connectivity index (χ0v) is 18.1. The Morgan fingerprint density at radius 1 is 1.03 bits per heavy atom. The molecule has 9 nitrogen and oxygen atoms in total. The van der Waals surface area contributed by atoms with Crippen LogP contribution in [0.15, 0.2) is 0 Å². The molecule has 1 aliphatic carbocycles. The average molecular weight is 423 g/mol. The van der Waals surface area contributed by atoms with Gasteiger partial charge in [-0.15, -0.1) is 0 Å². The van der Waals surface area contributed by atoms with Gasteiger partial charge in [-0.05, 0) is 39.2 Å². The molecule has 0 bridgehead atoms. The second-order valence-corrected chi connectivity index (χ2v) is 8.89. The number of nitrogens with one attached hydrogen (secondary N) is 2. The van der Waals surface area contributed by atoms with Crippen molar-refractivity contribution in [1.29, 1.82) is 0 Å². The summed E-state index contributed by atoms with van der Waals surface area (Å²) in [7, 11) is 1.69. The van der Waals surface area contributed by atoms with Gasteiger partial charge in [-0.25, -0.2) is 0 Å². The van der Waals surface area contributed by atoms with Crippen LogP contribution in [-0.2, 0) is 19.2 Å². The van der Waals surface area contributed by atoms with Crippen molar-refractivity contribution in [2.45, 2.75) is 76.5 Å². The highest BCUT2D eigenvalue weighted by Crippen LogP contribution is 2.37. The number of carboxylic acid groups (broad SMARTS) is 1. The first-order valence-corrected chi connectivity index (χ1v) is 11.0. The summed E-state index contributed by atoms with van der Waals surface area (Å²) >= 11 is 0. The number of nitrogens with zero attached hydrogens (tertiary/aromatic N) is 2. The first kappa shape index (κ1) is 22.5. The molecule has 0 aromatic carbocycles. The largest absolute Gasteiger partial charge is 0.481 e. The Bertz CT molecular complexity index is 693. The fourth-order valence-electron chi connectivity index (χ4n) is 5.36. The highest BCUT2D eigenvalue weighted by molar-refractivity contribution is 5.91. The van der Waals surface area contributed by atoms with Gasteiger partial charge in [0, 0.05) is 20.0 Å². The van der Waals surface area contributed by atoms with Crippen LogP contribution in [0.3, 0.4) is 0 Å². The summed E-state index contributed by atoms with van der Waals surface area (Å²) in [4.78, 5) is 53.4. The maximum Gasteiger partial charge on any atom is 0.310 e. The van der Waals surface area contributed by atoms with E-state index in [1.165, 1.54) is 6.92 Å². The van der Waals surface area contributed by atoms with Crippen LogP contribution in [-0.4, -0.2) is 82.9 Å². The number of likely N-dealkylation sites (N-methyl/N-ethyl adjacent to an activating group) is 1. The molecule has 0 radical (unpaired) electrons. The van der Waals surface area contributed by atoms with E-state index in [1.54, 1.807) is 23.8 Å². The zero-order valence-electron chi connectivity index (χ0n) is 18.1. The van der Waals surface area contributed by atoms with E-state index < -0.39 is 30.0 Å². The number of amides is 3. The Morgan fingerprint density at radius 2 is 1.70 bits per heavy atom. The molecule has 2 aliphatic heterocycles. The van der Waals surface area contributed by atoms with Crippen LogP contribution >= 0.6 is 0 Å². The summed E-state index contributed by atoms with van der Waals surface area (Å²) in [5.41, 5.74) is 0. The molecule has 3 aliphatic rings. The SMILES string of the molecule is CNC(C)C(=O)NC(C(=O)N1CCC2C1C(C(=O)O)CN2C(C)=O)C1CCCCC1. The van der Waals surface area contributed by atoms with E-state index in [0.29, 0.717) is 13.0 Å². The number of carbonyl (C=O) groups excluding carboxylic acids is 3. The molecule has 3 N–H and O–H groups in total. The monoisotopic (exact) mass is 422 g/mol. The Balaban J connectivity index is 1.85. The molecule has 5 unspecified atom stereocenters. The van der Waals surface area contributed by atoms with E-state index in [1.807, 2.05) is 0 Å². The Morgan fingerprint density at radius 3 is 2.27 bits per heavy atom. The molecule has 2 saturated heterocycles. The maximum absolute atomic E-state index is 13.7. The molecule has 0 aromatic rings. The molecule has 9 heteroatoms. The third kappa shape index (κ3) is 4.31. The van der Waals surface area contributed by atoms with Crippen molar-refractivity contribution in [3.8, 4) is 0 Å². The number of carbonyl (C=O) groups is 4. The third-order valence-corrected chi connectivity index (χ3v) is 7.14. The van der Waals surface area contributed by atoms with E-state index in [2.05, 4.69) is 10.6 Å². The van der Waals surface area contributed by atoms with Gasteiger partial charge >= 0.3 is 5.97 Å². The lowest BCUT2D eigenvalue weighted by Gasteiger charge is -2.36. The van der Waals surface area contributed by atoms with Crippen LogP contribution in [0.4, 0.5) is 0 Å². The molecule has 5 atom stereocenters. The van der Waals surface area contributed by atoms with Crippen molar-refractivity contribution >= 4 is 23.7 Å². The van der Waals surface area contributed by atoms with Gasteiger partial charge in [-0.2, -0.15) is 0 Å². The zero-order chi connectivity index (χ0) is 22.0. The van der Waals surface area contributed by atoms with Crippen LogP contribution in [0.1, 0.15) is 52.4 Å². The summed E-state index contributed by atoms with van der Waals surface area (Å²) in [6, 6.07) is -1.90. The van der Waals surface area contributed by atoms with Crippen molar-refractivity contribution in [3.05, 3.63) is 0 Å². The minimum atomic E-state index is -0.990. The fourth-order valence-corrected chi connectivity index (χ4v) is 5.36. The lowest BCUT2D eigenvalue weighted by atomic mass is 9.83. The first-order valence-electron chi connectivity index (χ1n) is 11.0. The fraction of sp³-hybridized carbons (Fsp3) is 0.810. The summed E-state index contributed by atoms with van der Waals surface area (Å²) in [6.07, 6.45) is 5.48. The Kier molecular flexibility index (Phi) is 7.00. The topological polar surface area (TPSA) is 119 Å². The minimum absolute atomic E-state index is 0.0481. The number of likely N-dealkylation sites (tertiary alicyclic amines) is 2. The molecule has 3 rings (SSSR count). The Labute approximate surface area is 177 Å². The van der Waals surface area contributed by atoms with Crippen LogP contribution < -0.4 is 10.6 Å². The lowest BCUT2D eigenvalue weighted by Crippen LogP contribution is -2.58. The molecular weight excluding hydrogens is 388 g/mol. The number of carboxylic acids is 1. The summed E-state index contributed by atoms with van der Waals surface area (Å²) < 4.78 is 0. The van der Waals surface area contributed by atoms with Gasteiger partial charge in [0.05, 0.1) is 24.0 Å². The number of fused-ring (bicyclic) bond motifs is 1. The first-order chi connectivity index (χ1) is 14.3. The normalized spacial score (nSPS) is 28.7. The number of aliphatic carboxylic acids is 1. The van der Waals surface area contributed by atoms with Gasteiger partial charge in [0.25, 0.3) is 0 Å². The van der Waals surface area contributed by atoms with Crippen LogP contribution in [0, 0.1) is 11.8 Å². The molecule has 168 valence electrons. The second-order valence-electron chi connectivity index (χ2n) is 8.89. The van der Waals surface area contributed by atoms with Crippen molar-refractivity contribution in [1.82, 2.24) is 20.4 Å². The highest BCUT2D eigenvalue weighted by atomic mass is 16.4. The smallest absolute Gasteiger partial charge is 0.310 e. The lowest BCUT2D eigenvalue weighted by molar-refractivity contribution is -0.146. The highest BCUT2D eigenvalue weighted by Gasteiger charge is 2.54. The van der Waals surface area contributed by atoms with Gasteiger partial charge in [0.1, 0.15) is 6.04 Å².